The van der Waals surface area contributed by atoms with E-state index in [1.807, 2.05) is 31.2 Å². The third-order valence-electron chi connectivity index (χ3n) is 3.98. The van der Waals surface area contributed by atoms with E-state index in [9.17, 15) is 10.1 Å². The van der Waals surface area contributed by atoms with E-state index in [1.165, 1.54) is 0 Å². The van der Waals surface area contributed by atoms with Gasteiger partial charge < -0.3 is 10.2 Å². The van der Waals surface area contributed by atoms with Crippen molar-refractivity contribution in [2.45, 2.75) is 25.4 Å². The van der Waals surface area contributed by atoms with Crippen LogP contribution in [0.1, 0.15) is 23.7 Å². The van der Waals surface area contributed by atoms with Crippen molar-refractivity contribution in [1.82, 2.24) is 0 Å². The second-order valence-corrected chi connectivity index (χ2v) is 6.05. The van der Waals surface area contributed by atoms with E-state index in [0.29, 0.717) is 17.0 Å². The lowest BCUT2D eigenvalue weighted by Crippen LogP contribution is -2.39. The third-order valence-corrected chi connectivity index (χ3v) is 4.23. The van der Waals surface area contributed by atoms with Crippen LogP contribution < -0.4 is 10.2 Å². The number of carbonyl (C=O) groups excluding carboxylic acids is 1. The Labute approximate surface area is 140 Å². The molecule has 0 bridgehead atoms. The number of amides is 1. The molecule has 0 aromatic heterocycles. The summed E-state index contributed by atoms with van der Waals surface area (Å²) in [5.41, 5.74) is 2.16. The van der Waals surface area contributed by atoms with Crippen molar-refractivity contribution in [2.75, 3.05) is 10.2 Å². The van der Waals surface area contributed by atoms with Gasteiger partial charge in [-0.15, -0.1) is 0 Å². The maximum Gasteiger partial charge on any atom is 0.258 e. The second-order valence-electron chi connectivity index (χ2n) is 5.61. The van der Waals surface area contributed by atoms with Gasteiger partial charge in [-0.05, 0) is 43.3 Å². The molecule has 5 heteroatoms. The molecule has 0 spiro atoms. The Bertz CT molecular complexity index is 767. The van der Waals surface area contributed by atoms with Crippen molar-refractivity contribution in [2.24, 2.45) is 0 Å². The number of nitrogens with zero attached hydrogens (tertiary/aromatic N) is 2. The zero-order chi connectivity index (χ0) is 16.4. The summed E-state index contributed by atoms with van der Waals surface area (Å²) >= 11 is 5.90. The number of fused-ring (bicyclic) bond motifs is 1. The van der Waals surface area contributed by atoms with Crippen molar-refractivity contribution in [3.05, 3.63) is 59.1 Å². The van der Waals surface area contributed by atoms with Gasteiger partial charge in [0.25, 0.3) is 5.91 Å². The smallest absolute Gasteiger partial charge is 0.258 e. The summed E-state index contributed by atoms with van der Waals surface area (Å²) in [5.74, 6) is -0.0954. The summed E-state index contributed by atoms with van der Waals surface area (Å²) in [6.45, 7) is 1.96. The number of anilines is 2. The van der Waals surface area contributed by atoms with Crippen LogP contribution in [0, 0.1) is 11.3 Å². The highest BCUT2D eigenvalue weighted by molar-refractivity contribution is 6.30. The van der Waals surface area contributed by atoms with E-state index < -0.39 is 0 Å². The summed E-state index contributed by atoms with van der Waals surface area (Å²) in [5, 5.41) is 13.1. The zero-order valence-electron chi connectivity index (χ0n) is 12.7. The summed E-state index contributed by atoms with van der Waals surface area (Å²) in [6.07, 6.45) is 0.560. The number of benzene rings is 2. The fraction of sp³-hybridized carbons (Fsp3) is 0.222. The van der Waals surface area contributed by atoms with E-state index in [0.717, 1.165) is 11.4 Å². The number of nitriles is 1. The summed E-state index contributed by atoms with van der Waals surface area (Å²) < 4.78 is 0. The average molecular weight is 326 g/mol. The molecule has 0 fully saturated rings. The number of rotatable bonds is 1. The monoisotopic (exact) mass is 325 g/mol. The molecule has 3 rings (SSSR count). The Morgan fingerprint density at radius 2 is 1.96 bits per heavy atom. The molecule has 1 amide bonds. The van der Waals surface area contributed by atoms with Crippen molar-refractivity contribution in [3.8, 4) is 6.07 Å². The largest absolute Gasteiger partial charge is 0.368 e. The Kier molecular flexibility index (Phi) is 4.22. The normalized spacial score (nSPS) is 20.0. The van der Waals surface area contributed by atoms with E-state index in [1.54, 1.807) is 29.2 Å². The van der Waals surface area contributed by atoms with Crippen molar-refractivity contribution >= 4 is 28.9 Å². The van der Waals surface area contributed by atoms with E-state index >= 15 is 0 Å². The fourth-order valence-electron chi connectivity index (χ4n) is 2.86. The topological polar surface area (TPSA) is 56.1 Å². The maximum absolute atomic E-state index is 13.0. The Hall–Kier alpha value is -2.51. The summed E-state index contributed by atoms with van der Waals surface area (Å²) in [4.78, 5) is 14.8. The maximum atomic E-state index is 13.0. The molecule has 2 aromatic rings. The molecule has 1 aliphatic heterocycles. The lowest BCUT2D eigenvalue weighted by atomic mass is 10.1. The molecule has 2 aromatic carbocycles. The Morgan fingerprint density at radius 3 is 2.65 bits per heavy atom. The van der Waals surface area contributed by atoms with Crippen molar-refractivity contribution < 1.29 is 4.79 Å². The molecule has 4 nitrogen and oxygen atoms in total. The highest BCUT2D eigenvalue weighted by atomic mass is 35.5. The average Bonchev–Trinajstić information content (AvgIpc) is 2.70. The van der Waals surface area contributed by atoms with Crippen LogP contribution in [0.2, 0.25) is 5.02 Å². The minimum Gasteiger partial charge on any atom is -0.368 e. The van der Waals surface area contributed by atoms with Crippen LogP contribution in [0.3, 0.4) is 0 Å². The number of halogens is 1. The van der Waals surface area contributed by atoms with Gasteiger partial charge in [0.05, 0.1) is 17.4 Å². The molecule has 1 aliphatic rings. The van der Waals surface area contributed by atoms with Crippen LogP contribution in [-0.4, -0.2) is 18.0 Å². The van der Waals surface area contributed by atoms with Gasteiger partial charge in [0, 0.05) is 23.0 Å². The molecule has 23 heavy (non-hydrogen) atoms. The third kappa shape index (κ3) is 3.01. The van der Waals surface area contributed by atoms with Crippen LogP contribution in [0.5, 0.6) is 0 Å². The molecule has 2 atom stereocenters. The highest BCUT2D eigenvalue weighted by Crippen LogP contribution is 2.33. The van der Waals surface area contributed by atoms with Gasteiger partial charge in [-0.3, -0.25) is 4.79 Å². The van der Waals surface area contributed by atoms with Gasteiger partial charge in [-0.25, -0.2) is 0 Å². The van der Waals surface area contributed by atoms with Crippen LogP contribution in [0.25, 0.3) is 0 Å². The highest BCUT2D eigenvalue weighted by Gasteiger charge is 2.30. The predicted octanol–water partition coefficient (Wildman–Crippen LogP) is 4.08. The molecule has 0 saturated carbocycles. The van der Waals surface area contributed by atoms with Gasteiger partial charge >= 0.3 is 0 Å². The van der Waals surface area contributed by atoms with Gasteiger partial charge in [0.1, 0.15) is 6.04 Å². The van der Waals surface area contributed by atoms with Crippen molar-refractivity contribution in [1.29, 1.82) is 5.26 Å². The molecule has 2 unspecified atom stereocenters. The SMILES string of the molecule is CC1CC(C#N)Nc2ccccc2N1C(=O)c1ccc(Cl)cc1. The Balaban J connectivity index is 2.04. The second kappa shape index (κ2) is 6.31. The quantitative estimate of drug-likeness (QED) is 0.859. The lowest BCUT2D eigenvalue weighted by molar-refractivity contribution is 0.0978. The summed E-state index contributed by atoms with van der Waals surface area (Å²) in [6, 6.07) is 16.3. The van der Waals surface area contributed by atoms with Crippen LogP contribution in [0.15, 0.2) is 48.5 Å². The van der Waals surface area contributed by atoms with Crippen LogP contribution in [0.4, 0.5) is 11.4 Å². The molecular weight excluding hydrogens is 310 g/mol. The summed E-state index contributed by atoms with van der Waals surface area (Å²) in [7, 11) is 0. The van der Waals surface area contributed by atoms with Crippen LogP contribution >= 0.6 is 11.6 Å². The number of hydrogen-bond acceptors (Lipinski definition) is 3. The first-order chi connectivity index (χ1) is 11.1. The molecule has 1 N–H and O–H groups in total. The first-order valence-corrected chi connectivity index (χ1v) is 7.82. The number of carbonyl (C=O) groups is 1. The predicted molar refractivity (Wildman–Crippen MR) is 91.8 cm³/mol. The lowest BCUT2D eigenvalue weighted by Gasteiger charge is -2.28. The molecule has 1 heterocycles. The molecule has 0 aliphatic carbocycles. The fourth-order valence-corrected chi connectivity index (χ4v) is 2.99. The minimum absolute atomic E-state index is 0.0954. The first kappa shape index (κ1) is 15.4. The number of hydrogen-bond donors (Lipinski definition) is 1. The molecule has 0 saturated heterocycles. The molecular formula is C18H16ClN3O. The molecule has 116 valence electrons. The zero-order valence-corrected chi connectivity index (χ0v) is 13.4. The van der Waals surface area contributed by atoms with E-state index in [4.69, 9.17) is 11.6 Å². The van der Waals surface area contributed by atoms with Gasteiger partial charge in [0.2, 0.25) is 0 Å². The number of para-hydroxylation sites is 2. The van der Waals surface area contributed by atoms with Gasteiger partial charge in [-0.2, -0.15) is 5.26 Å². The standard InChI is InChI=1S/C18H16ClN3O/c1-12-10-15(11-20)21-16-4-2-3-5-17(16)22(12)18(23)13-6-8-14(19)9-7-13/h2-9,12,15,21H,10H2,1H3. The first-order valence-electron chi connectivity index (χ1n) is 7.44. The number of nitrogens with one attached hydrogen (secondary N) is 1. The van der Waals surface area contributed by atoms with E-state index in [2.05, 4.69) is 11.4 Å². The molecule has 0 radical (unpaired) electrons. The van der Waals surface area contributed by atoms with Crippen molar-refractivity contribution in [3.63, 3.8) is 0 Å². The van der Waals surface area contributed by atoms with Gasteiger partial charge in [0.15, 0.2) is 0 Å². The van der Waals surface area contributed by atoms with Gasteiger partial charge in [-0.1, -0.05) is 23.7 Å². The minimum atomic E-state index is -0.325. The Morgan fingerprint density at radius 1 is 1.26 bits per heavy atom. The van der Waals surface area contributed by atoms with E-state index in [-0.39, 0.29) is 18.0 Å². The van der Waals surface area contributed by atoms with Crippen LogP contribution in [-0.2, 0) is 0 Å².